The number of hydrogen-bond donors (Lipinski definition) is 0. The lowest BCUT2D eigenvalue weighted by Gasteiger charge is -2.54. The van der Waals surface area contributed by atoms with Crippen LogP contribution in [0, 0.1) is 35.5 Å². The van der Waals surface area contributed by atoms with Crippen molar-refractivity contribution in [3.8, 4) is 0 Å². The van der Waals surface area contributed by atoms with Gasteiger partial charge in [0.2, 0.25) is 0 Å². The van der Waals surface area contributed by atoms with Gasteiger partial charge in [0, 0.05) is 0 Å². The van der Waals surface area contributed by atoms with Gasteiger partial charge in [0.25, 0.3) is 0 Å². The van der Waals surface area contributed by atoms with Crippen LogP contribution >= 0.6 is 0 Å². The summed E-state index contributed by atoms with van der Waals surface area (Å²) in [6, 6.07) is 10.3. The molecule has 21 heavy (non-hydrogen) atoms. The number of hydrogen-bond acceptors (Lipinski definition) is 3. The Morgan fingerprint density at radius 1 is 0.762 bits per heavy atom. The first-order valence-electron chi connectivity index (χ1n) is 7.47. The maximum Gasteiger partial charge on any atom is 0.318 e. The van der Waals surface area contributed by atoms with Crippen LogP contribution in [0.25, 0.3) is 5.57 Å². The van der Waals surface area contributed by atoms with E-state index in [0.717, 1.165) is 0 Å². The topological polar surface area (TPSA) is 43.4 Å². The smallest absolute Gasteiger partial charge is 0.318 e. The van der Waals surface area contributed by atoms with Crippen molar-refractivity contribution in [2.24, 2.45) is 35.5 Å². The molecule has 0 aromatic heterocycles. The molecule has 0 amide bonds. The molecule has 3 heteroatoms. The van der Waals surface area contributed by atoms with Gasteiger partial charge in [-0.05, 0) is 34.8 Å². The Morgan fingerprint density at radius 2 is 1.43 bits per heavy atom. The molecule has 0 N–H and O–H groups in total. The van der Waals surface area contributed by atoms with Crippen molar-refractivity contribution in [1.29, 1.82) is 0 Å². The molecule has 104 valence electrons. The minimum Gasteiger partial charge on any atom is -0.393 e. The third-order valence-electron chi connectivity index (χ3n) is 5.63. The second kappa shape index (κ2) is 3.73. The highest BCUT2D eigenvalue weighted by Crippen LogP contribution is 2.62. The van der Waals surface area contributed by atoms with Crippen molar-refractivity contribution < 1.29 is 14.3 Å². The van der Waals surface area contributed by atoms with E-state index in [1.807, 2.05) is 18.2 Å². The number of allylic oxidation sites excluding steroid dienone is 4. The van der Waals surface area contributed by atoms with Crippen molar-refractivity contribution in [2.45, 2.75) is 0 Å². The molecule has 0 unspecified atom stereocenters. The van der Waals surface area contributed by atoms with Gasteiger partial charge in [-0.2, -0.15) is 0 Å². The van der Waals surface area contributed by atoms with E-state index >= 15 is 0 Å². The number of esters is 2. The molecule has 1 saturated carbocycles. The zero-order valence-corrected chi connectivity index (χ0v) is 11.3. The first-order chi connectivity index (χ1) is 10.3. The van der Waals surface area contributed by atoms with Gasteiger partial charge in [-0.3, -0.25) is 9.59 Å². The number of carbonyl (C=O) groups excluding carboxylic acids is 2. The highest BCUT2D eigenvalue weighted by molar-refractivity contribution is 5.98. The number of cyclic esters (lactones) is 2. The summed E-state index contributed by atoms with van der Waals surface area (Å²) in [6.07, 6.45) is 6.56. The van der Waals surface area contributed by atoms with Gasteiger partial charge in [0.05, 0.1) is 11.8 Å². The van der Waals surface area contributed by atoms with Gasteiger partial charge < -0.3 is 4.74 Å². The number of rotatable bonds is 1. The van der Waals surface area contributed by atoms with E-state index in [2.05, 4.69) is 30.4 Å². The molecule has 1 aromatic rings. The average molecular weight is 278 g/mol. The summed E-state index contributed by atoms with van der Waals surface area (Å²) < 4.78 is 4.91. The minimum atomic E-state index is -0.317. The summed E-state index contributed by atoms with van der Waals surface area (Å²) in [5.74, 6) is -0.146. The fraction of sp³-hybridized carbons (Fsp3) is 0.333. The standard InChI is InChI=1S/C18H14O3/c19-17-15-10-6-7-11(16(15)18(20)21-17)14-12(8-13(10)14)9-4-2-1-3-5-9/h1-8,10-11,13-16H/t10-,11-,13-,14-,15+,16+/m0/s1. The Kier molecular flexibility index (Phi) is 2.04. The third kappa shape index (κ3) is 1.29. The molecule has 1 aromatic carbocycles. The van der Waals surface area contributed by atoms with E-state index in [1.54, 1.807) is 0 Å². The Balaban J connectivity index is 1.59. The number of benzene rings is 1. The van der Waals surface area contributed by atoms with Crippen molar-refractivity contribution in [3.05, 3.63) is 54.1 Å². The number of ether oxygens (including phenoxy) is 1. The van der Waals surface area contributed by atoms with E-state index in [0.29, 0.717) is 11.8 Å². The average Bonchev–Trinajstić information content (AvgIpc) is 2.77. The van der Waals surface area contributed by atoms with Crippen molar-refractivity contribution in [1.82, 2.24) is 0 Å². The van der Waals surface area contributed by atoms with Gasteiger partial charge >= 0.3 is 11.9 Å². The summed E-state index contributed by atoms with van der Waals surface area (Å²) in [6.45, 7) is 0. The highest BCUT2D eigenvalue weighted by atomic mass is 16.6. The molecule has 3 nitrogen and oxygen atoms in total. The van der Waals surface area contributed by atoms with Crippen molar-refractivity contribution in [3.63, 3.8) is 0 Å². The monoisotopic (exact) mass is 278 g/mol. The maximum atomic E-state index is 12.0. The normalized spacial score (nSPS) is 42.0. The van der Waals surface area contributed by atoms with Gasteiger partial charge in [-0.25, -0.2) is 0 Å². The molecule has 2 bridgehead atoms. The number of carbonyl (C=O) groups is 2. The maximum absolute atomic E-state index is 12.0. The third-order valence-corrected chi connectivity index (χ3v) is 5.63. The molecule has 1 aliphatic heterocycles. The summed E-state index contributed by atoms with van der Waals surface area (Å²) >= 11 is 0. The predicted molar refractivity (Wildman–Crippen MR) is 75.6 cm³/mol. The fourth-order valence-corrected chi connectivity index (χ4v) is 4.77. The molecule has 0 radical (unpaired) electrons. The molecule has 4 aliphatic carbocycles. The molecular formula is C18H14O3. The predicted octanol–water partition coefficient (Wildman–Crippen LogP) is 2.45. The largest absolute Gasteiger partial charge is 0.393 e. The SMILES string of the molecule is O=C1OC(=O)[C@@H]2[C@H]3C=C[C@@H]([C@@H]4C=C(c5ccccc5)[C@@H]43)[C@@H]12. The second-order valence-electron chi connectivity index (χ2n) is 6.42. The lowest BCUT2D eigenvalue weighted by atomic mass is 9.47. The molecule has 6 atom stereocenters. The fourth-order valence-electron chi connectivity index (χ4n) is 4.77. The van der Waals surface area contributed by atoms with Crippen molar-refractivity contribution in [2.75, 3.05) is 0 Å². The van der Waals surface area contributed by atoms with Crippen LogP contribution in [0.4, 0.5) is 0 Å². The van der Waals surface area contributed by atoms with E-state index in [9.17, 15) is 9.59 Å². The summed E-state index contributed by atoms with van der Waals surface area (Å²) in [7, 11) is 0. The lowest BCUT2D eigenvalue weighted by molar-refractivity contribution is -0.154. The summed E-state index contributed by atoms with van der Waals surface area (Å²) in [5.41, 5.74) is 2.56. The molecular weight excluding hydrogens is 264 g/mol. The molecule has 1 heterocycles. The van der Waals surface area contributed by atoms with Gasteiger partial charge in [-0.15, -0.1) is 0 Å². The van der Waals surface area contributed by atoms with Gasteiger partial charge in [-0.1, -0.05) is 48.6 Å². The Morgan fingerprint density at radius 3 is 2.19 bits per heavy atom. The quantitative estimate of drug-likeness (QED) is 0.450. The van der Waals surface area contributed by atoms with Crippen molar-refractivity contribution >= 4 is 17.5 Å². The van der Waals surface area contributed by atoms with Crippen LogP contribution in [0.1, 0.15) is 5.56 Å². The summed E-state index contributed by atoms with van der Waals surface area (Å²) in [5, 5.41) is 0. The van der Waals surface area contributed by atoms with E-state index in [-0.39, 0.29) is 35.6 Å². The molecule has 1 saturated heterocycles. The van der Waals surface area contributed by atoms with Crippen LogP contribution in [0.15, 0.2) is 48.6 Å². The van der Waals surface area contributed by atoms with Gasteiger partial charge in [0.1, 0.15) is 0 Å². The van der Waals surface area contributed by atoms with E-state index in [1.165, 1.54) is 11.1 Å². The van der Waals surface area contributed by atoms with Crippen LogP contribution in [-0.2, 0) is 14.3 Å². The van der Waals surface area contributed by atoms with Gasteiger partial charge in [0.15, 0.2) is 0 Å². The van der Waals surface area contributed by atoms with Crippen LogP contribution < -0.4 is 0 Å². The molecule has 6 rings (SSSR count). The first-order valence-corrected chi connectivity index (χ1v) is 7.47. The molecule has 0 spiro atoms. The zero-order chi connectivity index (χ0) is 14.1. The molecule has 5 aliphatic rings. The zero-order valence-electron chi connectivity index (χ0n) is 11.3. The second-order valence-corrected chi connectivity index (χ2v) is 6.42. The minimum absolute atomic E-state index is 0.115. The Hall–Kier alpha value is -2.16. The Bertz CT molecular complexity index is 715. The van der Waals surface area contributed by atoms with Crippen LogP contribution in [-0.4, -0.2) is 11.9 Å². The first kappa shape index (κ1) is 11.5. The van der Waals surface area contributed by atoms with E-state index < -0.39 is 0 Å². The van der Waals surface area contributed by atoms with E-state index in [4.69, 9.17) is 4.74 Å². The van der Waals surface area contributed by atoms with Crippen LogP contribution in [0.3, 0.4) is 0 Å². The van der Waals surface area contributed by atoms with Crippen LogP contribution in [0.2, 0.25) is 0 Å². The lowest BCUT2D eigenvalue weighted by Crippen LogP contribution is -2.52. The Labute approximate surface area is 122 Å². The van der Waals surface area contributed by atoms with Crippen LogP contribution in [0.5, 0.6) is 0 Å². The molecule has 2 fully saturated rings. The highest BCUT2D eigenvalue weighted by Gasteiger charge is 2.63. The summed E-state index contributed by atoms with van der Waals surface area (Å²) in [4.78, 5) is 24.0.